The molecule has 7 nitrogen and oxygen atoms in total. The summed E-state index contributed by atoms with van der Waals surface area (Å²) in [4.78, 5) is 24.8. The van der Waals surface area contributed by atoms with E-state index in [1.807, 2.05) is 30.1 Å². The highest BCUT2D eigenvalue weighted by Crippen LogP contribution is 2.26. The van der Waals surface area contributed by atoms with Gasteiger partial charge < -0.3 is 23.9 Å². The number of hydrogen-bond acceptors (Lipinski definition) is 6. The van der Waals surface area contributed by atoms with Crippen molar-refractivity contribution in [1.82, 2.24) is 0 Å². The van der Waals surface area contributed by atoms with Crippen LogP contribution in [-0.4, -0.2) is 32.3 Å². The van der Waals surface area contributed by atoms with Gasteiger partial charge >= 0.3 is 11.6 Å². The Bertz CT molecular complexity index is 1030. The van der Waals surface area contributed by atoms with Crippen LogP contribution in [0.2, 0.25) is 0 Å². The second kappa shape index (κ2) is 7.41. The normalized spacial score (nSPS) is 10.6. The van der Waals surface area contributed by atoms with E-state index in [0.29, 0.717) is 29.0 Å². The first kappa shape index (κ1) is 18.3. The highest BCUT2D eigenvalue weighted by molar-refractivity contribution is 5.92. The summed E-state index contributed by atoms with van der Waals surface area (Å²) in [5.41, 5.74) is 0.879. The number of methoxy groups -OCH3 is 2. The van der Waals surface area contributed by atoms with Crippen molar-refractivity contribution >= 4 is 22.6 Å². The number of fused-ring (bicyclic) bond motifs is 1. The number of benzene rings is 2. The molecule has 7 heteroatoms. The predicted molar refractivity (Wildman–Crippen MR) is 101 cm³/mol. The van der Waals surface area contributed by atoms with Gasteiger partial charge in [-0.2, -0.15) is 0 Å². The minimum atomic E-state index is -1.31. The van der Waals surface area contributed by atoms with Gasteiger partial charge in [-0.15, -0.1) is 0 Å². The molecule has 2 aromatic carbocycles. The lowest BCUT2D eigenvalue weighted by atomic mass is 10.1. The van der Waals surface area contributed by atoms with Crippen LogP contribution in [0.4, 0.5) is 5.69 Å². The van der Waals surface area contributed by atoms with Crippen LogP contribution in [0.1, 0.15) is 15.9 Å². The Balaban J connectivity index is 1.92. The third kappa shape index (κ3) is 3.87. The van der Waals surface area contributed by atoms with Crippen LogP contribution in [0, 0.1) is 0 Å². The summed E-state index contributed by atoms with van der Waals surface area (Å²) in [6.45, 7) is 0.566. The molecule has 1 aromatic heterocycles. The molecule has 0 spiro atoms. The lowest BCUT2D eigenvalue weighted by Crippen LogP contribution is -2.17. The Morgan fingerprint density at radius 2 is 1.74 bits per heavy atom. The molecule has 140 valence electrons. The molecule has 3 rings (SSSR count). The molecule has 0 saturated carbocycles. The first-order valence-corrected chi connectivity index (χ1v) is 8.15. The van der Waals surface area contributed by atoms with Gasteiger partial charge in [-0.1, -0.05) is 0 Å². The fourth-order valence-corrected chi connectivity index (χ4v) is 2.81. The SMILES string of the molecule is COc1cc(CN(C)c2ccc3cc(C(=O)O)c(=O)oc3c2)cc(OC)c1. The summed E-state index contributed by atoms with van der Waals surface area (Å²) in [6, 6.07) is 12.2. The summed E-state index contributed by atoms with van der Waals surface area (Å²) < 4.78 is 15.7. The number of nitrogens with zero attached hydrogens (tertiary/aromatic N) is 1. The summed E-state index contributed by atoms with van der Waals surface area (Å²) in [6.07, 6.45) is 0. The van der Waals surface area contributed by atoms with E-state index in [0.717, 1.165) is 11.3 Å². The minimum absolute atomic E-state index is 0.331. The highest BCUT2D eigenvalue weighted by atomic mass is 16.5. The zero-order valence-electron chi connectivity index (χ0n) is 15.2. The van der Waals surface area contributed by atoms with Gasteiger partial charge in [0.1, 0.15) is 22.6 Å². The van der Waals surface area contributed by atoms with Crippen molar-refractivity contribution in [3.8, 4) is 11.5 Å². The molecule has 1 heterocycles. The molecule has 0 atom stereocenters. The molecule has 0 aliphatic rings. The number of aromatic carboxylic acids is 1. The standard InChI is InChI=1S/C20H19NO6/c1-21(11-12-6-15(25-2)10-16(7-12)26-3)14-5-4-13-8-17(19(22)23)20(24)27-18(13)9-14/h4-10H,11H2,1-3H3,(H,22,23). The Morgan fingerprint density at radius 1 is 1.07 bits per heavy atom. The van der Waals surface area contributed by atoms with Crippen LogP contribution >= 0.6 is 0 Å². The van der Waals surface area contributed by atoms with E-state index in [-0.39, 0.29) is 5.56 Å². The summed E-state index contributed by atoms with van der Waals surface area (Å²) in [7, 11) is 5.09. The molecular weight excluding hydrogens is 350 g/mol. The Hall–Kier alpha value is -3.48. The topological polar surface area (TPSA) is 89.2 Å². The van der Waals surface area contributed by atoms with Crippen molar-refractivity contribution in [3.63, 3.8) is 0 Å². The maximum atomic E-state index is 11.8. The van der Waals surface area contributed by atoms with Gasteiger partial charge in [-0.25, -0.2) is 9.59 Å². The zero-order chi connectivity index (χ0) is 19.6. The lowest BCUT2D eigenvalue weighted by molar-refractivity contribution is 0.0692. The monoisotopic (exact) mass is 369 g/mol. The van der Waals surface area contributed by atoms with Crippen molar-refractivity contribution in [2.45, 2.75) is 6.54 Å². The second-order valence-electron chi connectivity index (χ2n) is 6.05. The summed E-state index contributed by atoms with van der Waals surface area (Å²) >= 11 is 0. The summed E-state index contributed by atoms with van der Waals surface area (Å²) in [5, 5.41) is 9.58. The lowest BCUT2D eigenvalue weighted by Gasteiger charge is -2.20. The number of carboxylic acids is 1. The van der Waals surface area contributed by atoms with E-state index < -0.39 is 11.6 Å². The van der Waals surface area contributed by atoms with Crippen LogP contribution in [-0.2, 0) is 6.54 Å². The average Bonchev–Trinajstić information content (AvgIpc) is 2.66. The molecule has 27 heavy (non-hydrogen) atoms. The van der Waals surface area contributed by atoms with Gasteiger partial charge in [-0.05, 0) is 35.9 Å². The minimum Gasteiger partial charge on any atom is -0.497 e. The van der Waals surface area contributed by atoms with Crippen LogP contribution in [0.5, 0.6) is 11.5 Å². The third-order valence-corrected chi connectivity index (χ3v) is 4.22. The molecule has 0 saturated heterocycles. The highest BCUT2D eigenvalue weighted by Gasteiger charge is 2.13. The van der Waals surface area contributed by atoms with Crippen molar-refractivity contribution in [1.29, 1.82) is 0 Å². The molecule has 0 aliphatic carbocycles. The molecule has 0 radical (unpaired) electrons. The third-order valence-electron chi connectivity index (χ3n) is 4.22. The van der Waals surface area contributed by atoms with Crippen molar-refractivity contribution < 1.29 is 23.8 Å². The maximum absolute atomic E-state index is 11.8. The predicted octanol–water partition coefficient (Wildman–Crippen LogP) is 3.14. The largest absolute Gasteiger partial charge is 0.497 e. The molecule has 3 aromatic rings. The number of anilines is 1. The fraction of sp³-hybridized carbons (Fsp3) is 0.200. The van der Waals surface area contributed by atoms with Gasteiger partial charge in [0, 0.05) is 36.8 Å². The van der Waals surface area contributed by atoms with Crippen LogP contribution in [0.15, 0.2) is 51.7 Å². The van der Waals surface area contributed by atoms with Crippen LogP contribution in [0.3, 0.4) is 0 Å². The molecule has 0 unspecified atom stereocenters. The quantitative estimate of drug-likeness (QED) is 0.668. The van der Waals surface area contributed by atoms with Crippen LogP contribution < -0.4 is 20.0 Å². The average molecular weight is 369 g/mol. The zero-order valence-corrected chi connectivity index (χ0v) is 15.2. The number of ether oxygens (including phenoxy) is 2. The Morgan fingerprint density at radius 3 is 2.33 bits per heavy atom. The molecular formula is C20H19NO6. The summed E-state index contributed by atoms with van der Waals surface area (Å²) in [5.74, 6) is 0.0886. The van der Waals surface area contributed by atoms with Gasteiger partial charge in [0.15, 0.2) is 0 Å². The van der Waals surface area contributed by atoms with Crippen molar-refractivity contribution in [2.24, 2.45) is 0 Å². The Kier molecular flexibility index (Phi) is 5.03. The molecule has 0 aliphatic heterocycles. The van der Waals surface area contributed by atoms with E-state index >= 15 is 0 Å². The second-order valence-corrected chi connectivity index (χ2v) is 6.05. The molecule has 0 bridgehead atoms. The van der Waals surface area contributed by atoms with Crippen molar-refractivity contribution in [2.75, 3.05) is 26.2 Å². The van der Waals surface area contributed by atoms with Gasteiger partial charge in [0.25, 0.3) is 0 Å². The number of carboxylic acid groups (broad SMARTS) is 1. The van der Waals surface area contributed by atoms with E-state index in [2.05, 4.69) is 0 Å². The van der Waals surface area contributed by atoms with Crippen molar-refractivity contribution in [3.05, 3.63) is 64.0 Å². The number of rotatable bonds is 6. The van der Waals surface area contributed by atoms with E-state index in [9.17, 15) is 9.59 Å². The Labute approximate surface area is 155 Å². The van der Waals surface area contributed by atoms with Gasteiger partial charge in [-0.3, -0.25) is 0 Å². The fourth-order valence-electron chi connectivity index (χ4n) is 2.81. The maximum Gasteiger partial charge on any atom is 0.351 e. The molecule has 0 amide bonds. The molecule has 1 N–H and O–H groups in total. The van der Waals surface area contributed by atoms with Crippen LogP contribution in [0.25, 0.3) is 11.0 Å². The number of carbonyl (C=O) groups is 1. The smallest absolute Gasteiger partial charge is 0.351 e. The van der Waals surface area contributed by atoms with E-state index in [4.69, 9.17) is 19.0 Å². The number of hydrogen-bond donors (Lipinski definition) is 1. The first-order chi connectivity index (χ1) is 12.9. The van der Waals surface area contributed by atoms with E-state index in [1.54, 1.807) is 32.4 Å². The molecule has 0 fully saturated rings. The van der Waals surface area contributed by atoms with Gasteiger partial charge in [0.05, 0.1) is 14.2 Å². The van der Waals surface area contributed by atoms with Gasteiger partial charge in [0.2, 0.25) is 0 Å². The van der Waals surface area contributed by atoms with E-state index in [1.165, 1.54) is 6.07 Å². The first-order valence-electron chi connectivity index (χ1n) is 8.15.